The average Bonchev–Trinajstić information content (AvgIpc) is 2.70. The standard InChI is InChI=1S/C11H9NO2S/c1-8-7-9(12(13)14)4-5-10(8)11-3-2-6-15-11/h2-7H,1H3. The molecule has 0 bridgehead atoms. The van der Waals surface area contributed by atoms with Crippen molar-refractivity contribution in [3.05, 3.63) is 51.4 Å². The molecule has 0 N–H and O–H groups in total. The third kappa shape index (κ3) is 1.89. The highest BCUT2D eigenvalue weighted by molar-refractivity contribution is 7.13. The molecule has 1 aromatic heterocycles. The third-order valence-electron chi connectivity index (χ3n) is 2.21. The number of thiophene rings is 1. The summed E-state index contributed by atoms with van der Waals surface area (Å²) in [7, 11) is 0. The van der Waals surface area contributed by atoms with Gasteiger partial charge in [0.2, 0.25) is 0 Å². The molecule has 1 aromatic carbocycles. The topological polar surface area (TPSA) is 43.1 Å². The molecule has 0 saturated carbocycles. The molecule has 0 atom stereocenters. The Kier molecular flexibility index (Phi) is 2.51. The summed E-state index contributed by atoms with van der Waals surface area (Å²) in [4.78, 5) is 11.3. The highest BCUT2D eigenvalue weighted by Gasteiger charge is 2.09. The van der Waals surface area contributed by atoms with Crippen molar-refractivity contribution < 1.29 is 4.92 Å². The van der Waals surface area contributed by atoms with E-state index in [1.54, 1.807) is 29.5 Å². The van der Waals surface area contributed by atoms with Gasteiger partial charge in [0, 0.05) is 17.0 Å². The van der Waals surface area contributed by atoms with Crippen molar-refractivity contribution in [2.24, 2.45) is 0 Å². The Hall–Kier alpha value is -1.68. The molecule has 3 nitrogen and oxygen atoms in total. The van der Waals surface area contributed by atoms with Crippen LogP contribution in [-0.2, 0) is 0 Å². The van der Waals surface area contributed by atoms with Gasteiger partial charge in [0.05, 0.1) is 4.92 Å². The van der Waals surface area contributed by atoms with Crippen LogP contribution in [0.3, 0.4) is 0 Å². The van der Waals surface area contributed by atoms with Gasteiger partial charge in [-0.05, 0) is 35.6 Å². The second kappa shape index (κ2) is 3.82. The van der Waals surface area contributed by atoms with E-state index < -0.39 is 0 Å². The van der Waals surface area contributed by atoms with Gasteiger partial charge in [0.25, 0.3) is 5.69 Å². The number of hydrogen-bond acceptors (Lipinski definition) is 3. The van der Waals surface area contributed by atoms with E-state index in [1.807, 2.05) is 24.4 Å². The first-order valence-corrected chi connectivity index (χ1v) is 5.35. The number of nitrogens with zero attached hydrogens (tertiary/aromatic N) is 1. The molecule has 0 aliphatic heterocycles. The molecule has 15 heavy (non-hydrogen) atoms. The van der Waals surface area contributed by atoms with Crippen molar-refractivity contribution >= 4 is 17.0 Å². The van der Waals surface area contributed by atoms with Crippen LogP contribution in [0.1, 0.15) is 5.56 Å². The average molecular weight is 219 g/mol. The van der Waals surface area contributed by atoms with Crippen LogP contribution in [0.2, 0.25) is 0 Å². The van der Waals surface area contributed by atoms with Crippen molar-refractivity contribution in [2.75, 3.05) is 0 Å². The van der Waals surface area contributed by atoms with E-state index in [2.05, 4.69) is 0 Å². The van der Waals surface area contributed by atoms with Gasteiger partial charge < -0.3 is 0 Å². The minimum Gasteiger partial charge on any atom is -0.258 e. The minimum atomic E-state index is -0.370. The van der Waals surface area contributed by atoms with Crippen molar-refractivity contribution in [1.82, 2.24) is 0 Å². The zero-order chi connectivity index (χ0) is 10.8. The van der Waals surface area contributed by atoms with E-state index in [9.17, 15) is 10.1 Å². The Balaban J connectivity index is 2.48. The first-order valence-electron chi connectivity index (χ1n) is 4.47. The molecule has 4 heteroatoms. The smallest absolute Gasteiger partial charge is 0.258 e. The monoisotopic (exact) mass is 219 g/mol. The van der Waals surface area contributed by atoms with Crippen molar-refractivity contribution in [3.63, 3.8) is 0 Å². The summed E-state index contributed by atoms with van der Waals surface area (Å²) >= 11 is 1.63. The summed E-state index contributed by atoms with van der Waals surface area (Å²) < 4.78 is 0. The molecule has 0 aliphatic rings. The van der Waals surface area contributed by atoms with Gasteiger partial charge in [-0.25, -0.2) is 0 Å². The molecule has 2 aromatic rings. The minimum absolute atomic E-state index is 0.146. The molecule has 2 rings (SSSR count). The van der Waals surface area contributed by atoms with E-state index in [1.165, 1.54) is 0 Å². The maximum Gasteiger partial charge on any atom is 0.269 e. The second-order valence-electron chi connectivity index (χ2n) is 3.23. The largest absolute Gasteiger partial charge is 0.269 e. The summed E-state index contributed by atoms with van der Waals surface area (Å²) in [5.74, 6) is 0. The molecule has 0 spiro atoms. The number of non-ortho nitro benzene ring substituents is 1. The predicted octanol–water partition coefficient (Wildman–Crippen LogP) is 3.63. The van der Waals surface area contributed by atoms with Crippen molar-refractivity contribution in [3.8, 4) is 10.4 Å². The number of aryl methyl sites for hydroxylation is 1. The van der Waals surface area contributed by atoms with E-state index in [4.69, 9.17) is 0 Å². The first kappa shape index (κ1) is 9.86. The summed E-state index contributed by atoms with van der Waals surface area (Å²) in [6, 6.07) is 8.94. The molecule has 0 saturated heterocycles. The van der Waals surface area contributed by atoms with Gasteiger partial charge in [-0.3, -0.25) is 10.1 Å². The zero-order valence-corrected chi connectivity index (χ0v) is 8.95. The van der Waals surface area contributed by atoms with E-state index >= 15 is 0 Å². The molecule has 0 amide bonds. The lowest BCUT2D eigenvalue weighted by Crippen LogP contribution is -1.89. The Morgan fingerprint density at radius 1 is 1.33 bits per heavy atom. The van der Waals surface area contributed by atoms with Crippen LogP contribution >= 0.6 is 11.3 Å². The Bertz CT molecular complexity index is 491. The number of nitro groups is 1. The van der Waals surface area contributed by atoms with Crippen LogP contribution < -0.4 is 0 Å². The maximum absolute atomic E-state index is 10.6. The van der Waals surface area contributed by atoms with Gasteiger partial charge >= 0.3 is 0 Å². The van der Waals surface area contributed by atoms with Gasteiger partial charge in [0.1, 0.15) is 0 Å². The SMILES string of the molecule is Cc1cc([N+](=O)[O-])ccc1-c1cccs1. The number of nitro benzene ring substituents is 1. The van der Waals surface area contributed by atoms with Gasteiger partial charge in [-0.15, -0.1) is 11.3 Å². The van der Waals surface area contributed by atoms with Gasteiger partial charge in [-0.2, -0.15) is 0 Å². The molecule has 0 radical (unpaired) electrons. The molecule has 0 fully saturated rings. The van der Waals surface area contributed by atoms with Crippen LogP contribution in [0.4, 0.5) is 5.69 Å². The van der Waals surface area contributed by atoms with Gasteiger partial charge in [-0.1, -0.05) is 6.07 Å². The molecule has 76 valence electrons. The van der Waals surface area contributed by atoms with Crippen LogP contribution in [0.15, 0.2) is 35.7 Å². The van der Waals surface area contributed by atoms with Crippen LogP contribution in [-0.4, -0.2) is 4.92 Å². The molecule has 1 heterocycles. The fourth-order valence-corrected chi connectivity index (χ4v) is 2.29. The summed E-state index contributed by atoms with van der Waals surface area (Å²) in [6.45, 7) is 1.89. The van der Waals surface area contributed by atoms with Crippen LogP contribution in [0.25, 0.3) is 10.4 Å². The molecular weight excluding hydrogens is 210 g/mol. The Labute approximate surface area is 91.1 Å². The molecular formula is C11H9NO2S. The summed E-state index contributed by atoms with van der Waals surface area (Å²) in [5, 5.41) is 12.6. The van der Waals surface area contributed by atoms with Crippen molar-refractivity contribution in [2.45, 2.75) is 6.92 Å². The number of hydrogen-bond donors (Lipinski definition) is 0. The quantitative estimate of drug-likeness (QED) is 0.571. The lowest BCUT2D eigenvalue weighted by atomic mass is 10.1. The molecule has 0 unspecified atom stereocenters. The maximum atomic E-state index is 10.6. The molecule has 0 aliphatic carbocycles. The summed E-state index contributed by atoms with van der Waals surface area (Å²) in [6.07, 6.45) is 0. The predicted molar refractivity (Wildman–Crippen MR) is 61.1 cm³/mol. The van der Waals surface area contributed by atoms with E-state index in [-0.39, 0.29) is 10.6 Å². The fourth-order valence-electron chi connectivity index (χ4n) is 1.47. The highest BCUT2D eigenvalue weighted by atomic mass is 32.1. The number of rotatable bonds is 2. The lowest BCUT2D eigenvalue weighted by Gasteiger charge is -2.02. The number of benzene rings is 1. The van der Waals surface area contributed by atoms with Crippen molar-refractivity contribution in [1.29, 1.82) is 0 Å². The summed E-state index contributed by atoms with van der Waals surface area (Å²) in [5.41, 5.74) is 2.15. The van der Waals surface area contributed by atoms with Crippen LogP contribution in [0, 0.1) is 17.0 Å². The van der Waals surface area contributed by atoms with E-state index in [0.29, 0.717) is 0 Å². The normalized spacial score (nSPS) is 10.2. The Morgan fingerprint density at radius 2 is 2.13 bits per heavy atom. The fraction of sp³-hybridized carbons (Fsp3) is 0.0909. The highest BCUT2D eigenvalue weighted by Crippen LogP contribution is 2.29. The van der Waals surface area contributed by atoms with Crippen LogP contribution in [0.5, 0.6) is 0 Å². The lowest BCUT2D eigenvalue weighted by molar-refractivity contribution is -0.384. The van der Waals surface area contributed by atoms with Gasteiger partial charge in [0.15, 0.2) is 0 Å². The third-order valence-corrected chi connectivity index (χ3v) is 3.11. The zero-order valence-electron chi connectivity index (χ0n) is 8.14. The van der Waals surface area contributed by atoms with E-state index in [0.717, 1.165) is 16.0 Å². The second-order valence-corrected chi connectivity index (χ2v) is 4.18. The Morgan fingerprint density at radius 3 is 2.67 bits per heavy atom. The first-order chi connectivity index (χ1) is 7.18.